The fourth-order valence-corrected chi connectivity index (χ4v) is 1.41. The van der Waals surface area contributed by atoms with Crippen LogP contribution in [0.15, 0.2) is 12.7 Å². The Hall–Kier alpha value is -1.08. The largest absolute Gasteiger partial charge is 0.454 e. The first-order chi connectivity index (χ1) is 7.12. The Morgan fingerprint density at radius 3 is 2.56 bits per heavy atom. The van der Waals surface area contributed by atoms with Crippen LogP contribution in [0.4, 0.5) is 13.2 Å². The van der Waals surface area contributed by atoms with Crippen LogP contribution in [-0.4, -0.2) is 35.2 Å². The predicted molar refractivity (Wildman–Crippen MR) is 46.3 cm³/mol. The molecule has 2 atom stereocenters. The Morgan fingerprint density at radius 2 is 2.19 bits per heavy atom. The zero-order valence-corrected chi connectivity index (χ0v) is 8.50. The fraction of sp³-hybridized carbons (Fsp3) is 0.667. The summed E-state index contributed by atoms with van der Waals surface area (Å²) in [6.45, 7) is 3.84. The molecule has 0 radical (unpaired) electrons. The lowest BCUT2D eigenvalue weighted by Gasteiger charge is -2.26. The Bertz CT molecular complexity index is 314. The second kappa shape index (κ2) is 3.74. The van der Waals surface area contributed by atoms with Crippen molar-refractivity contribution in [1.29, 1.82) is 0 Å². The van der Waals surface area contributed by atoms with Crippen LogP contribution in [0.3, 0.4) is 0 Å². The van der Waals surface area contributed by atoms with E-state index in [1.165, 1.54) is 6.92 Å². The Morgan fingerprint density at radius 1 is 1.62 bits per heavy atom. The van der Waals surface area contributed by atoms with Crippen molar-refractivity contribution in [2.75, 3.05) is 6.61 Å². The quantitative estimate of drug-likeness (QED) is 0.581. The molecule has 1 rings (SSSR count). The van der Waals surface area contributed by atoms with Crippen molar-refractivity contribution >= 4 is 5.97 Å². The number of carbonyl (C=O) groups is 1. The van der Waals surface area contributed by atoms with Crippen LogP contribution < -0.4 is 0 Å². The highest BCUT2D eigenvalue weighted by molar-refractivity contribution is 5.81. The van der Waals surface area contributed by atoms with Crippen molar-refractivity contribution in [3.05, 3.63) is 12.7 Å². The maximum absolute atomic E-state index is 12.4. The van der Waals surface area contributed by atoms with Crippen LogP contribution in [0.1, 0.15) is 13.3 Å². The molecule has 1 fully saturated rings. The van der Waals surface area contributed by atoms with E-state index >= 15 is 0 Å². The molecule has 1 heterocycles. The van der Waals surface area contributed by atoms with Gasteiger partial charge in [0, 0.05) is 6.08 Å². The van der Waals surface area contributed by atoms with E-state index in [0.717, 1.165) is 6.08 Å². The van der Waals surface area contributed by atoms with Gasteiger partial charge in [-0.05, 0) is 6.92 Å². The maximum Gasteiger partial charge on any atom is 0.443 e. The lowest BCUT2D eigenvalue weighted by molar-refractivity contribution is -0.349. The Balaban J connectivity index is 2.77. The van der Waals surface area contributed by atoms with Gasteiger partial charge in [-0.25, -0.2) is 4.79 Å². The number of aliphatic hydroxyl groups is 1. The van der Waals surface area contributed by atoms with Crippen LogP contribution >= 0.6 is 0 Å². The van der Waals surface area contributed by atoms with Gasteiger partial charge in [0.05, 0.1) is 13.0 Å². The van der Waals surface area contributed by atoms with Gasteiger partial charge in [-0.2, -0.15) is 13.2 Å². The van der Waals surface area contributed by atoms with E-state index in [1.807, 2.05) is 0 Å². The highest BCUT2D eigenvalue weighted by Crippen LogP contribution is 2.43. The average Bonchev–Trinajstić information content (AvgIpc) is 2.42. The van der Waals surface area contributed by atoms with Gasteiger partial charge in [0.15, 0.2) is 0 Å². The summed E-state index contributed by atoms with van der Waals surface area (Å²) >= 11 is 0. The summed E-state index contributed by atoms with van der Waals surface area (Å²) in [7, 11) is 0. The summed E-state index contributed by atoms with van der Waals surface area (Å²) in [6.07, 6.45) is -4.95. The summed E-state index contributed by atoms with van der Waals surface area (Å²) in [5.41, 5.74) is -1.50. The number of esters is 1. The molecule has 0 aliphatic carbocycles. The minimum Gasteiger partial charge on any atom is -0.454 e. The van der Waals surface area contributed by atoms with Crippen LogP contribution in [0.25, 0.3) is 0 Å². The van der Waals surface area contributed by atoms with Crippen molar-refractivity contribution in [2.45, 2.75) is 30.9 Å². The molecule has 1 aliphatic rings. The van der Waals surface area contributed by atoms with Crippen molar-refractivity contribution in [3.8, 4) is 0 Å². The van der Waals surface area contributed by atoms with Crippen molar-refractivity contribution in [2.24, 2.45) is 0 Å². The normalized spacial score (nSPS) is 34.8. The minimum absolute atomic E-state index is 0.525. The number of carbonyl (C=O) groups excluding carboxylic acids is 1. The summed E-state index contributed by atoms with van der Waals surface area (Å²) < 4.78 is 46.1. The van der Waals surface area contributed by atoms with Crippen LogP contribution in [0, 0.1) is 0 Å². The molecule has 1 saturated heterocycles. The number of halogens is 3. The molecule has 0 aromatic heterocycles. The smallest absolute Gasteiger partial charge is 0.443 e. The van der Waals surface area contributed by atoms with Gasteiger partial charge in [0.2, 0.25) is 0 Å². The monoisotopic (exact) mass is 240 g/mol. The minimum atomic E-state index is -4.93. The molecular formula is C9H11F3O4. The average molecular weight is 240 g/mol. The van der Waals surface area contributed by atoms with Gasteiger partial charge in [0.1, 0.15) is 5.60 Å². The van der Waals surface area contributed by atoms with Gasteiger partial charge < -0.3 is 14.6 Å². The van der Waals surface area contributed by atoms with Gasteiger partial charge in [-0.1, -0.05) is 6.58 Å². The first-order valence-electron chi connectivity index (χ1n) is 4.40. The third kappa shape index (κ3) is 2.35. The zero-order chi connectivity index (χ0) is 12.6. The molecule has 4 nitrogen and oxygen atoms in total. The SMILES string of the molecule is C=CC(=O)OC1(C)COC(O)(C(F)(F)F)C1. The van der Waals surface area contributed by atoms with Crippen LogP contribution in [0.5, 0.6) is 0 Å². The molecule has 1 aliphatic heterocycles. The topological polar surface area (TPSA) is 55.8 Å². The first-order valence-corrected chi connectivity index (χ1v) is 4.40. The van der Waals surface area contributed by atoms with Crippen molar-refractivity contribution in [1.82, 2.24) is 0 Å². The van der Waals surface area contributed by atoms with Gasteiger partial charge in [-0.15, -0.1) is 0 Å². The molecule has 0 aromatic carbocycles. The molecule has 0 spiro atoms. The highest BCUT2D eigenvalue weighted by atomic mass is 19.4. The molecule has 0 saturated carbocycles. The highest BCUT2D eigenvalue weighted by Gasteiger charge is 2.63. The number of ether oxygens (including phenoxy) is 2. The fourth-order valence-electron chi connectivity index (χ4n) is 1.41. The molecule has 7 heteroatoms. The van der Waals surface area contributed by atoms with E-state index in [-0.39, 0.29) is 0 Å². The van der Waals surface area contributed by atoms with E-state index in [2.05, 4.69) is 11.3 Å². The third-order valence-electron chi connectivity index (χ3n) is 2.19. The maximum atomic E-state index is 12.4. The van der Waals surface area contributed by atoms with Gasteiger partial charge in [-0.3, -0.25) is 0 Å². The number of alkyl halides is 3. The second-order valence-corrected chi connectivity index (χ2v) is 3.82. The van der Waals surface area contributed by atoms with Gasteiger partial charge in [0.25, 0.3) is 5.79 Å². The molecule has 0 aromatic rings. The van der Waals surface area contributed by atoms with E-state index in [1.54, 1.807) is 0 Å². The van der Waals surface area contributed by atoms with Crippen LogP contribution in [0.2, 0.25) is 0 Å². The Labute approximate surface area is 89.6 Å². The number of hydrogen-bond acceptors (Lipinski definition) is 4. The summed E-state index contributed by atoms with van der Waals surface area (Å²) in [5, 5.41) is 9.18. The molecule has 16 heavy (non-hydrogen) atoms. The molecular weight excluding hydrogens is 229 g/mol. The number of hydrogen-bond donors (Lipinski definition) is 1. The van der Waals surface area contributed by atoms with E-state index in [9.17, 15) is 23.1 Å². The van der Waals surface area contributed by atoms with Gasteiger partial charge >= 0.3 is 12.1 Å². The second-order valence-electron chi connectivity index (χ2n) is 3.82. The van der Waals surface area contributed by atoms with E-state index in [0.29, 0.717) is 0 Å². The van der Waals surface area contributed by atoms with Crippen LogP contribution in [-0.2, 0) is 14.3 Å². The third-order valence-corrected chi connectivity index (χ3v) is 2.19. The van der Waals surface area contributed by atoms with Crippen molar-refractivity contribution in [3.63, 3.8) is 0 Å². The predicted octanol–water partition coefficient (Wildman–Crippen LogP) is 1.15. The molecule has 0 bridgehead atoms. The molecule has 0 amide bonds. The molecule has 2 unspecified atom stereocenters. The molecule has 92 valence electrons. The molecule has 1 N–H and O–H groups in total. The summed E-state index contributed by atoms with van der Waals surface area (Å²) in [5.74, 6) is -4.12. The van der Waals surface area contributed by atoms with E-state index < -0.39 is 36.6 Å². The number of rotatable bonds is 2. The first kappa shape index (κ1) is 13.0. The lowest BCUT2D eigenvalue weighted by Crippen LogP contribution is -2.46. The lowest BCUT2D eigenvalue weighted by atomic mass is 10.00. The van der Waals surface area contributed by atoms with Crippen molar-refractivity contribution < 1.29 is 32.5 Å². The summed E-state index contributed by atoms with van der Waals surface area (Å²) in [6, 6.07) is 0. The standard InChI is InChI=1S/C9H11F3O4/c1-3-6(13)16-7(2)4-8(14,15-5-7)9(10,11)12/h3,14H,1,4-5H2,2H3. The summed E-state index contributed by atoms with van der Waals surface area (Å²) in [4.78, 5) is 10.9. The zero-order valence-electron chi connectivity index (χ0n) is 8.50. The Kier molecular flexibility index (Phi) is 3.04. The van der Waals surface area contributed by atoms with E-state index in [4.69, 9.17) is 4.74 Å².